The summed E-state index contributed by atoms with van der Waals surface area (Å²) in [5.74, 6) is -2.63. The molecule has 0 radical (unpaired) electrons. The van der Waals surface area contributed by atoms with Crippen LogP contribution in [0, 0.1) is 17.0 Å². The molecule has 0 bridgehead atoms. The molecular weight excluding hydrogens is 532 g/mol. The lowest BCUT2D eigenvalue weighted by Gasteiger charge is -2.30. The zero-order valence-corrected chi connectivity index (χ0v) is 22.5. The van der Waals surface area contributed by atoms with Crippen molar-refractivity contribution in [1.82, 2.24) is 9.88 Å². The molecule has 1 aliphatic heterocycles. The molecule has 1 aromatic heterocycles. The van der Waals surface area contributed by atoms with Gasteiger partial charge < -0.3 is 19.3 Å². The van der Waals surface area contributed by atoms with Gasteiger partial charge in [0.15, 0.2) is 28.3 Å². The molecule has 1 amide bonds. The fourth-order valence-electron chi connectivity index (χ4n) is 5.28. The number of carboxylic acids is 1. The summed E-state index contributed by atoms with van der Waals surface area (Å²) in [7, 11) is 3.08. The number of hydrogen-bond acceptors (Lipinski definition) is 8. The summed E-state index contributed by atoms with van der Waals surface area (Å²) in [6.45, 7) is 4.32. The van der Waals surface area contributed by atoms with E-state index in [9.17, 15) is 23.5 Å². The summed E-state index contributed by atoms with van der Waals surface area (Å²) in [4.78, 5) is 33.8. The van der Waals surface area contributed by atoms with Gasteiger partial charge in [-0.1, -0.05) is 11.3 Å². The molecule has 2 aromatic carbocycles. The van der Waals surface area contributed by atoms with Gasteiger partial charge in [-0.2, -0.15) is 0 Å². The first-order chi connectivity index (χ1) is 18.7. The summed E-state index contributed by atoms with van der Waals surface area (Å²) in [6.07, 6.45) is -0.488. The first kappa shape index (κ1) is 27.2. The number of thiazole rings is 1. The second-order valence-electron chi connectivity index (χ2n) is 9.87. The number of carbonyl (C=O) groups is 2. The van der Waals surface area contributed by atoms with Gasteiger partial charge in [-0.3, -0.25) is 19.4 Å². The van der Waals surface area contributed by atoms with Crippen LogP contribution in [0.2, 0.25) is 0 Å². The summed E-state index contributed by atoms with van der Waals surface area (Å²) in [6, 6.07) is 5.65. The molecule has 0 saturated carbocycles. The Morgan fingerprint density at radius 1 is 1.13 bits per heavy atom. The Morgan fingerprint density at radius 3 is 2.41 bits per heavy atom. The molecule has 2 heterocycles. The van der Waals surface area contributed by atoms with Crippen molar-refractivity contribution in [2.24, 2.45) is 5.41 Å². The first-order valence-corrected chi connectivity index (χ1v) is 13.4. The fourth-order valence-corrected chi connectivity index (χ4v) is 6.22. The summed E-state index contributed by atoms with van der Waals surface area (Å²) >= 11 is 1.25. The molecule has 5 rings (SSSR count). The van der Waals surface area contributed by atoms with E-state index in [-0.39, 0.29) is 12.8 Å². The topological polar surface area (TPSA) is 101 Å². The van der Waals surface area contributed by atoms with E-state index in [0.29, 0.717) is 53.1 Å². The molecule has 1 N–H and O–H groups in total. The second kappa shape index (κ2) is 11.0. The quantitative estimate of drug-likeness (QED) is 0.424. The Hall–Kier alpha value is -3.35. The molecule has 1 aliphatic carbocycles. The van der Waals surface area contributed by atoms with Crippen LogP contribution in [0.1, 0.15) is 17.5 Å². The maximum atomic E-state index is 13.9. The zero-order chi connectivity index (χ0) is 27.7. The van der Waals surface area contributed by atoms with Crippen LogP contribution in [0.5, 0.6) is 11.5 Å². The highest BCUT2D eigenvalue weighted by atomic mass is 32.1. The number of rotatable bonds is 9. The van der Waals surface area contributed by atoms with E-state index in [2.05, 4.69) is 9.88 Å². The molecule has 208 valence electrons. The number of methoxy groups -OCH3 is 1. The number of carboxylic acid groups (broad SMARTS) is 1. The normalized spacial score (nSPS) is 16.7. The van der Waals surface area contributed by atoms with Crippen LogP contribution in [0.25, 0.3) is 10.2 Å². The van der Waals surface area contributed by atoms with E-state index < -0.39 is 35.3 Å². The van der Waals surface area contributed by atoms with E-state index in [1.807, 2.05) is 0 Å². The van der Waals surface area contributed by atoms with E-state index in [0.717, 1.165) is 36.5 Å². The molecule has 1 saturated heterocycles. The van der Waals surface area contributed by atoms with Gasteiger partial charge in [0.25, 0.3) is 0 Å². The highest BCUT2D eigenvalue weighted by molar-refractivity contribution is 7.22. The van der Waals surface area contributed by atoms with Crippen molar-refractivity contribution < 1.29 is 37.7 Å². The minimum absolute atomic E-state index is 0.00510. The van der Waals surface area contributed by atoms with Crippen molar-refractivity contribution in [3.8, 4) is 11.5 Å². The van der Waals surface area contributed by atoms with E-state index in [1.165, 1.54) is 23.3 Å². The number of anilines is 1. The number of benzene rings is 2. The van der Waals surface area contributed by atoms with Crippen molar-refractivity contribution in [2.45, 2.75) is 19.3 Å². The minimum atomic E-state index is -1.38. The van der Waals surface area contributed by atoms with Crippen molar-refractivity contribution in [1.29, 1.82) is 0 Å². The highest BCUT2D eigenvalue weighted by Gasteiger charge is 2.48. The number of morpholine rings is 1. The SMILES string of the molecule is COc1cc2sc(N(C)C(=O)C3(CC(=O)O)Cc4cc(F)c(F)cc4C3)nc2cc1OCCN1CCOCC1. The van der Waals surface area contributed by atoms with Gasteiger partial charge in [0, 0.05) is 38.8 Å². The summed E-state index contributed by atoms with van der Waals surface area (Å²) in [5.41, 5.74) is 0.0875. The van der Waals surface area contributed by atoms with Crippen molar-refractivity contribution in [3.05, 3.63) is 47.0 Å². The lowest BCUT2D eigenvalue weighted by molar-refractivity contribution is -0.144. The van der Waals surface area contributed by atoms with E-state index in [4.69, 9.17) is 14.2 Å². The number of nitrogens with zero attached hydrogens (tertiary/aromatic N) is 3. The maximum absolute atomic E-state index is 13.9. The van der Waals surface area contributed by atoms with Gasteiger partial charge in [-0.15, -0.1) is 0 Å². The van der Waals surface area contributed by atoms with Crippen LogP contribution in [-0.4, -0.2) is 80.5 Å². The Bertz CT molecular complexity index is 1380. The van der Waals surface area contributed by atoms with Gasteiger partial charge >= 0.3 is 5.97 Å². The Labute approximate surface area is 227 Å². The van der Waals surface area contributed by atoms with Crippen LogP contribution >= 0.6 is 11.3 Å². The zero-order valence-electron chi connectivity index (χ0n) is 21.7. The van der Waals surface area contributed by atoms with Crippen LogP contribution in [0.15, 0.2) is 24.3 Å². The number of aromatic nitrogens is 1. The predicted molar refractivity (Wildman–Crippen MR) is 141 cm³/mol. The molecule has 0 unspecified atom stereocenters. The van der Waals surface area contributed by atoms with Crippen molar-refractivity contribution in [3.63, 3.8) is 0 Å². The smallest absolute Gasteiger partial charge is 0.304 e. The number of aliphatic carboxylic acids is 1. The van der Waals surface area contributed by atoms with Gasteiger partial charge in [-0.25, -0.2) is 13.8 Å². The molecule has 9 nitrogen and oxygen atoms in total. The average molecular weight is 562 g/mol. The molecule has 3 aromatic rings. The maximum Gasteiger partial charge on any atom is 0.304 e. The Kier molecular flexibility index (Phi) is 7.70. The molecule has 0 atom stereocenters. The highest BCUT2D eigenvalue weighted by Crippen LogP contribution is 2.44. The number of carbonyl (C=O) groups excluding carboxylic acids is 1. The number of hydrogen-bond donors (Lipinski definition) is 1. The lowest BCUT2D eigenvalue weighted by atomic mass is 9.80. The van der Waals surface area contributed by atoms with Gasteiger partial charge in [-0.05, 0) is 36.1 Å². The summed E-state index contributed by atoms with van der Waals surface area (Å²) < 4.78 is 45.4. The van der Waals surface area contributed by atoms with Gasteiger partial charge in [0.2, 0.25) is 5.91 Å². The molecule has 2 aliphatic rings. The number of fused-ring (bicyclic) bond motifs is 2. The van der Waals surface area contributed by atoms with Gasteiger partial charge in [0.1, 0.15) is 6.61 Å². The standard InChI is InChI=1S/C27H29F2N3O6S/c1-31(25(35)27(15-24(33)34)13-16-9-18(28)19(29)10-17(16)14-27)26-30-20-11-22(21(36-2)12-23(20)39-26)38-8-5-32-3-6-37-7-4-32/h9-12H,3-8,13-15H2,1-2H3,(H,33,34). The average Bonchev–Trinajstić information content (AvgIpc) is 3.48. The number of amides is 1. The Morgan fingerprint density at radius 2 is 1.79 bits per heavy atom. The predicted octanol–water partition coefficient (Wildman–Crippen LogP) is 3.52. The van der Waals surface area contributed by atoms with Crippen LogP contribution < -0.4 is 14.4 Å². The van der Waals surface area contributed by atoms with Crippen molar-refractivity contribution in [2.75, 3.05) is 58.5 Å². The second-order valence-corrected chi connectivity index (χ2v) is 10.9. The number of ether oxygens (including phenoxy) is 3. The third kappa shape index (κ3) is 5.54. The molecule has 12 heteroatoms. The summed E-state index contributed by atoms with van der Waals surface area (Å²) in [5, 5.41) is 9.98. The minimum Gasteiger partial charge on any atom is -0.493 e. The molecule has 39 heavy (non-hydrogen) atoms. The van der Waals surface area contributed by atoms with Gasteiger partial charge in [0.05, 0.1) is 42.4 Å². The largest absolute Gasteiger partial charge is 0.493 e. The monoisotopic (exact) mass is 561 g/mol. The molecule has 1 fully saturated rings. The third-order valence-corrected chi connectivity index (χ3v) is 8.36. The lowest BCUT2D eigenvalue weighted by Crippen LogP contribution is -2.44. The van der Waals surface area contributed by atoms with E-state index in [1.54, 1.807) is 19.2 Å². The fraction of sp³-hybridized carbons (Fsp3) is 0.444. The van der Waals surface area contributed by atoms with E-state index >= 15 is 0 Å². The number of halogens is 2. The van der Waals surface area contributed by atoms with Crippen molar-refractivity contribution >= 4 is 38.6 Å². The molecule has 0 spiro atoms. The first-order valence-electron chi connectivity index (χ1n) is 12.6. The molecular formula is C27H29F2N3O6S. The van der Waals surface area contributed by atoms with Crippen LogP contribution in [-0.2, 0) is 27.2 Å². The van der Waals surface area contributed by atoms with Crippen LogP contribution in [0.3, 0.4) is 0 Å². The Balaban J connectivity index is 1.37. The third-order valence-electron chi connectivity index (χ3n) is 7.27. The van der Waals surface area contributed by atoms with Crippen LogP contribution in [0.4, 0.5) is 13.9 Å².